The zero-order chi connectivity index (χ0) is 13.8. The summed E-state index contributed by atoms with van der Waals surface area (Å²) in [5, 5.41) is 7.42. The number of carbonyl (C=O) groups is 1. The zero-order valence-corrected chi connectivity index (χ0v) is 11.3. The number of nitrogens with zero attached hydrogens (tertiary/aromatic N) is 2. The van der Waals surface area contributed by atoms with E-state index in [0.717, 1.165) is 0 Å². The Morgan fingerprint density at radius 1 is 1.53 bits per heavy atom. The summed E-state index contributed by atoms with van der Waals surface area (Å²) in [6, 6.07) is 6.52. The van der Waals surface area contributed by atoms with Crippen molar-refractivity contribution >= 4 is 23.2 Å². The summed E-state index contributed by atoms with van der Waals surface area (Å²) in [5.74, 6) is -0.238. The van der Waals surface area contributed by atoms with Crippen molar-refractivity contribution in [2.75, 3.05) is 5.32 Å². The Hall–Kier alpha value is -1.85. The van der Waals surface area contributed by atoms with Gasteiger partial charge in [0.15, 0.2) is 0 Å². The van der Waals surface area contributed by atoms with E-state index in [1.54, 1.807) is 41.3 Å². The Morgan fingerprint density at radius 3 is 2.95 bits per heavy atom. The lowest BCUT2D eigenvalue weighted by atomic mass is 10.2. The largest absolute Gasteiger partial charge is 0.323 e. The SMILES string of the molecule is CCC(N)C(=O)Nc1cccc(Cl)c1-n1cccn1. The van der Waals surface area contributed by atoms with Crippen molar-refractivity contribution in [3.63, 3.8) is 0 Å². The van der Waals surface area contributed by atoms with Crippen molar-refractivity contribution < 1.29 is 4.79 Å². The molecule has 0 bridgehead atoms. The van der Waals surface area contributed by atoms with Crippen LogP contribution < -0.4 is 11.1 Å². The summed E-state index contributed by atoms with van der Waals surface area (Å²) in [4.78, 5) is 11.9. The number of nitrogens with one attached hydrogen (secondary N) is 1. The molecule has 3 N–H and O–H groups in total. The van der Waals surface area contributed by atoms with Crippen LogP contribution in [-0.2, 0) is 4.79 Å². The third kappa shape index (κ3) is 2.94. The number of aromatic nitrogens is 2. The third-order valence-electron chi connectivity index (χ3n) is 2.75. The van der Waals surface area contributed by atoms with Crippen molar-refractivity contribution in [3.8, 4) is 5.69 Å². The van der Waals surface area contributed by atoms with Gasteiger partial charge in [0.2, 0.25) is 5.91 Å². The zero-order valence-electron chi connectivity index (χ0n) is 10.5. The standard InChI is InChI=1S/C13H15ClN4O/c1-2-10(15)13(19)17-11-6-3-5-9(14)12(11)18-8-4-7-16-18/h3-8,10H,2,15H2,1H3,(H,17,19). The first-order chi connectivity index (χ1) is 9.13. The molecule has 5 nitrogen and oxygen atoms in total. The van der Waals surface area contributed by atoms with E-state index in [4.69, 9.17) is 17.3 Å². The smallest absolute Gasteiger partial charge is 0.241 e. The van der Waals surface area contributed by atoms with Crippen LogP contribution in [0.5, 0.6) is 0 Å². The third-order valence-corrected chi connectivity index (χ3v) is 3.06. The molecule has 0 spiro atoms. The van der Waals surface area contributed by atoms with E-state index in [0.29, 0.717) is 22.8 Å². The first kappa shape index (κ1) is 13.6. The molecule has 1 heterocycles. The minimum absolute atomic E-state index is 0.238. The number of anilines is 1. The van der Waals surface area contributed by atoms with Crippen LogP contribution in [0.4, 0.5) is 5.69 Å². The van der Waals surface area contributed by atoms with Gasteiger partial charge in [0.25, 0.3) is 0 Å². The average Bonchev–Trinajstić information content (AvgIpc) is 2.91. The fourth-order valence-corrected chi connectivity index (χ4v) is 1.92. The highest BCUT2D eigenvalue weighted by Gasteiger charge is 2.15. The maximum Gasteiger partial charge on any atom is 0.241 e. The first-order valence-corrected chi connectivity index (χ1v) is 6.36. The maximum absolute atomic E-state index is 11.9. The summed E-state index contributed by atoms with van der Waals surface area (Å²) < 4.78 is 1.61. The highest BCUT2D eigenvalue weighted by molar-refractivity contribution is 6.33. The van der Waals surface area contributed by atoms with Crippen molar-refractivity contribution in [3.05, 3.63) is 41.7 Å². The average molecular weight is 279 g/mol. The lowest BCUT2D eigenvalue weighted by molar-refractivity contribution is -0.117. The Labute approximate surface area is 116 Å². The number of hydrogen-bond acceptors (Lipinski definition) is 3. The number of nitrogens with two attached hydrogens (primary N) is 1. The minimum Gasteiger partial charge on any atom is -0.323 e. The molecule has 2 aromatic rings. The molecule has 1 aromatic heterocycles. The van der Waals surface area contributed by atoms with Crippen molar-refractivity contribution in [1.29, 1.82) is 0 Å². The number of para-hydroxylation sites is 1. The lowest BCUT2D eigenvalue weighted by Crippen LogP contribution is -2.35. The number of rotatable bonds is 4. The van der Waals surface area contributed by atoms with Crippen LogP contribution in [0.15, 0.2) is 36.7 Å². The Kier molecular flexibility index (Phi) is 4.19. The van der Waals surface area contributed by atoms with E-state index in [-0.39, 0.29) is 5.91 Å². The van der Waals surface area contributed by atoms with Crippen LogP contribution in [0.1, 0.15) is 13.3 Å². The molecule has 1 amide bonds. The molecule has 6 heteroatoms. The van der Waals surface area contributed by atoms with Gasteiger partial charge in [-0.2, -0.15) is 5.10 Å². The maximum atomic E-state index is 11.9. The molecule has 1 atom stereocenters. The molecule has 0 aliphatic heterocycles. The van der Waals surface area contributed by atoms with Crippen molar-refractivity contribution in [2.45, 2.75) is 19.4 Å². The highest BCUT2D eigenvalue weighted by Crippen LogP contribution is 2.28. The van der Waals surface area contributed by atoms with Crippen LogP contribution >= 0.6 is 11.6 Å². The van der Waals surface area contributed by atoms with Gasteiger partial charge in [-0.1, -0.05) is 24.6 Å². The molecular weight excluding hydrogens is 264 g/mol. The second-order valence-corrected chi connectivity index (χ2v) is 4.50. The van der Waals surface area contributed by atoms with Crippen LogP contribution in [0.3, 0.4) is 0 Å². The van der Waals surface area contributed by atoms with Gasteiger partial charge in [-0.3, -0.25) is 4.79 Å². The van der Waals surface area contributed by atoms with Gasteiger partial charge in [0, 0.05) is 12.4 Å². The molecule has 0 radical (unpaired) electrons. The molecule has 0 saturated heterocycles. The summed E-state index contributed by atoms with van der Waals surface area (Å²) in [5.41, 5.74) is 6.92. The topological polar surface area (TPSA) is 72.9 Å². The number of hydrogen-bond donors (Lipinski definition) is 2. The van der Waals surface area contributed by atoms with Crippen molar-refractivity contribution in [2.24, 2.45) is 5.73 Å². The summed E-state index contributed by atoms with van der Waals surface area (Å²) in [7, 11) is 0. The normalized spacial score (nSPS) is 12.2. The quantitative estimate of drug-likeness (QED) is 0.900. The Morgan fingerprint density at radius 2 is 2.32 bits per heavy atom. The number of benzene rings is 1. The van der Waals surface area contributed by atoms with Gasteiger partial charge in [0.1, 0.15) is 5.69 Å². The fraction of sp³-hybridized carbons (Fsp3) is 0.231. The molecule has 100 valence electrons. The molecule has 0 fully saturated rings. The van der Waals surface area contributed by atoms with E-state index in [1.165, 1.54) is 0 Å². The lowest BCUT2D eigenvalue weighted by Gasteiger charge is -2.14. The van der Waals surface area contributed by atoms with Gasteiger partial charge in [-0.05, 0) is 24.6 Å². The molecule has 0 saturated carbocycles. The number of amides is 1. The molecule has 1 unspecified atom stereocenters. The van der Waals surface area contributed by atoms with E-state index in [2.05, 4.69) is 10.4 Å². The van der Waals surface area contributed by atoms with Crippen LogP contribution in [0.2, 0.25) is 5.02 Å². The van der Waals surface area contributed by atoms with Crippen LogP contribution in [0.25, 0.3) is 5.69 Å². The Balaban J connectivity index is 2.36. The number of carbonyl (C=O) groups excluding carboxylic acids is 1. The summed E-state index contributed by atoms with van der Waals surface area (Å²) >= 11 is 6.17. The molecule has 19 heavy (non-hydrogen) atoms. The van der Waals surface area contributed by atoms with Gasteiger partial charge in [0.05, 0.1) is 16.8 Å². The van der Waals surface area contributed by atoms with E-state index >= 15 is 0 Å². The monoisotopic (exact) mass is 278 g/mol. The second kappa shape index (κ2) is 5.86. The van der Waals surface area contributed by atoms with Gasteiger partial charge >= 0.3 is 0 Å². The predicted octanol–water partition coefficient (Wildman–Crippen LogP) is 2.20. The second-order valence-electron chi connectivity index (χ2n) is 4.09. The predicted molar refractivity (Wildman–Crippen MR) is 75.5 cm³/mol. The van der Waals surface area contributed by atoms with Crippen LogP contribution in [0, 0.1) is 0 Å². The summed E-state index contributed by atoms with van der Waals surface area (Å²) in [6.45, 7) is 1.86. The van der Waals surface area contributed by atoms with E-state index in [1.807, 2.05) is 6.92 Å². The van der Waals surface area contributed by atoms with Gasteiger partial charge in [-0.25, -0.2) is 4.68 Å². The minimum atomic E-state index is -0.538. The first-order valence-electron chi connectivity index (χ1n) is 5.98. The molecule has 0 aliphatic rings. The number of halogens is 1. The molecular formula is C13H15ClN4O. The molecule has 1 aromatic carbocycles. The van der Waals surface area contributed by atoms with E-state index < -0.39 is 6.04 Å². The van der Waals surface area contributed by atoms with Gasteiger partial charge < -0.3 is 11.1 Å². The van der Waals surface area contributed by atoms with E-state index in [9.17, 15) is 4.79 Å². The molecule has 2 rings (SSSR count). The highest BCUT2D eigenvalue weighted by atomic mass is 35.5. The van der Waals surface area contributed by atoms with Gasteiger partial charge in [-0.15, -0.1) is 0 Å². The summed E-state index contributed by atoms with van der Waals surface area (Å²) in [6.07, 6.45) is 3.98. The Bertz CT molecular complexity index is 568. The van der Waals surface area contributed by atoms with Crippen molar-refractivity contribution in [1.82, 2.24) is 9.78 Å². The fourth-order valence-electron chi connectivity index (χ4n) is 1.66. The van der Waals surface area contributed by atoms with Crippen LogP contribution in [-0.4, -0.2) is 21.7 Å². The molecule has 0 aliphatic carbocycles.